The number of halogens is 3. The zero-order valence-corrected chi connectivity index (χ0v) is 16.7. The van der Waals surface area contributed by atoms with Gasteiger partial charge in [-0.15, -0.1) is 0 Å². The van der Waals surface area contributed by atoms with Crippen LogP contribution in [0, 0.1) is 13.8 Å². The molecule has 0 aliphatic rings. The first-order valence-electron chi connectivity index (χ1n) is 8.89. The first-order chi connectivity index (χ1) is 13.4. The fourth-order valence-electron chi connectivity index (χ4n) is 2.94. The summed E-state index contributed by atoms with van der Waals surface area (Å²) in [7, 11) is 0. The SMILES string of the molecule is Cc1ccc(N(C(=O)OC(C)(C)C)c2cnc3cccnn23)c(C(F)(F)F)c1C. The topological polar surface area (TPSA) is 59.7 Å². The molecular weight excluding hydrogens is 385 g/mol. The van der Waals surface area contributed by atoms with Gasteiger partial charge in [0.05, 0.1) is 17.4 Å². The molecule has 0 N–H and O–H groups in total. The van der Waals surface area contributed by atoms with Crippen molar-refractivity contribution in [2.45, 2.75) is 46.4 Å². The number of hydrogen-bond acceptors (Lipinski definition) is 4. The number of benzene rings is 1. The van der Waals surface area contributed by atoms with Crippen molar-refractivity contribution in [3.63, 3.8) is 0 Å². The van der Waals surface area contributed by atoms with Gasteiger partial charge in [-0.1, -0.05) is 6.07 Å². The third-order valence-electron chi connectivity index (χ3n) is 4.30. The Balaban J connectivity index is 2.31. The molecule has 154 valence electrons. The predicted octanol–water partition coefficient (Wildman–Crippen LogP) is 5.44. The van der Waals surface area contributed by atoms with Crippen molar-refractivity contribution in [2.24, 2.45) is 0 Å². The van der Waals surface area contributed by atoms with Gasteiger partial charge in [0.25, 0.3) is 0 Å². The molecule has 0 atom stereocenters. The summed E-state index contributed by atoms with van der Waals surface area (Å²) in [4.78, 5) is 18.1. The summed E-state index contributed by atoms with van der Waals surface area (Å²) in [5, 5.41) is 4.12. The minimum absolute atomic E-state index is 0.0327. The third-order valence-corrected chi connectivity index (χ3v) is 4.30. The maximum absolute atomic E-state index is 14.0. The standard InChI is InChI=1S/C20H21F3N4O2/c1-12-8-9-14(17(13(12)2)20(21,22)23)26(18(28)29-19(3,4)5)16-11-24-15-7-6-10-25-27(15)16/h6-11H,1-5H3. The Morgan fingerprint density at radius 1 is 1.14 bits per heavy atom. The lowest BCUT2D eigenvalue weighted by atomic mass is 10.00. The van der Waals surface area contributed by atoms with Crippen molar-refractivity contribution in [1.82, 2.24) is 14.6 Å². The number of carbonyl (C=O) groups excluding carboxylic acids is 1. The van der Waals surface area contributed by atoms with Crippen LogP contribution in [0.2, 0.25) is 0 Å². The molecule has 3 rings (SSSR count). The first kappa shape index (κ1) is 20.6. The molecule has 0 bridgehead atoms. The van der Waals surface area contributed by atoms with Crippen LogP contribution in [-0.2, 0) is 10.9 Å². The van der Waals surface area contributed by atoms with E-state index < -0.39 is 23.4 Å². The third kappa shape index (κ3) is 4.03. The van der Waals surface area contributed by atoms with Crippen LogP contribution in [0.5, 0.6) is 0 Å². The Morgan fingerprint density at radius 3 is 2.45 bits per heavy atom. The number of ether oxygens (including phenoxy) is 1. The van der Waals surface area contributed by atoms with Gasteiger partial charge in [0.1, 0.15) is 5.60 Å². The van der Waals surface area contributed by atoms with Crippen molar-refractivity contribution < 1.29 is 22.7 Å². The van der Waals surface area contributed by atoms with E-state index in [1.807, 2.05) is 0 Å². The van der Waals surface area contributed by atoms with Crippen molar-refractivity contribution in [1.29, 1.82) is 0 Å². The Morgan fingerprint density at radius 2 is 1.83 bits per heavy atom. The van der Waals surface area contributed by atoms with Crippen molar-refractivity contribution >= 4 is 23.2 Å². The molecule has 0 aliphatic heterocycles. The minimum atomic E-state index is -4.68. The summed E-state index contributed by atoms with van der Waals surface area (Å²) in [5.41, 5.74) is -1.29. The Labute approximate surface area is 165 Å². The largest absolute Gasteiger partial charge is 0.443 e. The van der Waals surface area contributed by atoms with Crippen LogP contribution >= 0.6 is 0 Å². The number of fused-ring (bicyclic) bond motifs is 1. The lowest BCUT2D eigenvalue weighted by Gasteiger charge is -2.29. The van der Waals surface area contributed by atoms with E-state index in [2.05, 4.69) is 10.1 Å². The van der Waals surface area contributed by atoms with Crippen LogP contribution < -0.4 is 4.90 Å². The molecular formula is C20H21F3N4O2. The fraction of sp³-hybridized carbons (Fsp3) is 0.350. The molecule has 3 aromatic rings. The second-order valence-corrected chi connectivity index (χ2v) is 7.63. The van der Waals surface area contributed by atoms with E-state index in [0.717, 1.165) is 4.90 Å². The number of anilines is 2. The van der Waals surface area contributed by atoms with Crippen LogP contribution in [0.15, 0.2) is 36.7 Å². The molecule has 2 heterocycles. The normalized spacial score (nSPS) is 12.3. The van der Waals surface area contributed by atoms with Gasteiger partial charge < -0.3 is 4.74 Å². The molecule has 0 saturated heterocycles. The molecule has 2 aromatic heterocycles. The van der Waals surface area contributed by atoms with Crippen LogP contribution in [-0.4, -0.2) is 26.3 Å². The molecule has 9 heteroatoms. The van der Waals surface area contributed by atoms with E-state index in [1.165, 1.54) is 36.0 Å². The highest BCUT2D eigenvalue weighted by Gasteiger charge is 2.40. The summed E-state index contributed by atoms with van der Waals surface area (Å²) >= 11 is 0. The molecule has 0 saturated carbocycles. The zero-order valence-electron chi connectivity index (χ0n) is 16.7. The summed E-state index contributed by atoms with van der Waals surface area (Å²) < 4.78 is 48.7. The van der Waals surface area contributed by atoms with E-state index in [4.69, 9.17) is 4.74 Å². The number of aryl methyl sites for hydroxylation is 1. The highest BCUT2D eigenvalue weighted by molar-refractivity contribution is 5.97. The average Bonchev–Trinajstić information content (AvgIpc) is 2.99. The smallest absolute Gasteiger partial charge is 0.420 e. The molecule has 0 unspecified atom stereocenters. The number of rotatable bonds is 2. The minimum Gasteiger partial charge on any atom is -0.443 e. The van der Waals surface area contributed by atoms with E-state index in [-0.39, 0.29) is 17.1 Å². The Bertz CT molecular complexity index is 1070. The fourth-order valence-corrected chi connectivity index (χ4v) is 2.94. The molecule has 0 aliphatic carbocycles. The van der Waals surface area contributed by atoms with Gasteiger partial charge >= 0.3 is 12.3 Å². The zero-order chi connectivity index (χ0) is 21.6. The molecule has 0 spiro atoms. The lowest BCUT2D eigenvalue weighted by molar-refractivity contribution is -0.137. The van der Waals surface area contributed by atoms with Gasteiger partial charge in [-0.3, -0.25) is 0 Å². The maximum Gasteiger partial charge on any atom is 0.420 e. The van der Waals surface area contributed by atoms with Gasteiger partial charge in [-0.2, -0.15) is 22.8 Å². The molecule has 0 radical (unpaired) electrons. The molecule has 0 fully saturated rings. The van der Waals surface area contributed by atoms with E-state index >= 15 is 0 Å². The number of imidazole rings is 1. The Kier molecular flexibility index (Phi) is 5.02. The van der Waals surface area contributed by atoms with Gasteiger partial charge in [0.2, 0.25) is 0 Å². The highest BCUT2D eigenvalue weighted by Crippen LogP contribution is 2.42. The van der Waals surface area contributed by atoms with Crippen LogP contribution in [0.3, 0.4) is 0 Å². The van der Waals surface area contributed by atoms with Crippen molar-refractivity contribution in [2.75, 3.05) is 4.90 Å². The summed E-state index contributed by atoms with van der Waals surface area (Å²) in [6, 6.07) is 6.07. The van der Waals surface area contributed by atoms with Crippen molar-refractivity contribution in [3.05, 3.63) is 53.3 Å². The van der Waals surface area contributed by atoms with E-state index in [9.17, 15) is 18.0 Å². The molecule has 1 amide bonds. The summed E-state index contributed by atoms with van der Waals surface area (Å²) in [5.74, 6) is 0.0450. The van der Waals surface area contributed by atoms with Gasteiger partial charge in [-0.05, 0) is 63.9 Å². The predicted molar refractivity (Wildman–Crippen MR) is 102 cm³/mol. The lowest BCUT2D eigenvalue weighted by Crippen LogP contribution is -2.36. The number of nitrogens with zero attached hydrogens (tertiary/aromatic N) is 4. The number of hydrogen-bond donors (Lipinski definition) is 0. The number of carbonyl (C=O) groups is 1. The van der Waals surface area contributed by atoms with E-state index in [1.54, 1.807) is 39.8 Å². The van der Waals surface area contributed by atoms with Gasteiger partial charge in [0.15, 0.2) is 11.5 Å². The molecule has 6 nitrogen and oxygen atoms in total. The second-order valence-electron chi connectivity index (χ2n) is 7.63. The highest BCUT2D eigenvalue weighted by atomic mass is 19.4. The Hall–Kier alpha value is -3.10. The first-order valence-corrected chi connectivity index (χ1v) is 8.89. The number of alkyl halides is 3. The van der Waals surface area contributed by atoms with Gasteiger partial charge in [0, 0.05) is 6.20 Å². The second kappa shape index (κ2) is 7.06. The monoisotopic (exact) mass is 406 g/mol. The summed E-state index contributed by atoms with van der Waals surface area (Å²) in [6.45, 7) is 7.88. The van der Waals surface area contributed by atoms with Crippen LogP contribution in [0.25, 0.3) is 5.65 Å². The van der Waals surface area contributed by atoms with Gasteiger partial charge in [-0.25, -0.2) is 14.7 Å². The van der Waals surface area contributed by atoms with E-state index in [0.29, 0.717) is 11.2 Å². The quantitative estimate of drug-likeness (QED) is 0.569. The summed E-state index contributed by atoms with van der Waals surface area (Å²) in [6.07, 6.45) is -2.89. The number of amides is 1. The number of aromatic nitrogens is 3. The maximum atomic E-state index is 14.0. The average molecular weight is 406 g/mol. The molecule has 29 heavy (non-hydrogen) atoms. The van der Waals surface area contributed by atoms with Crippen molar-refractivity contribution in [3.8, 4) is 0 Å². The molecule has 1 aromatic carbocycles. The van der Waals surface area contributed by atoms with Crippen LogP contribution in [0.1, 0.15) is 37.5 Å². The van der Waals surface area contributed by atoms with Crippen LogP contribution in [0.4, 0.5) is 29.5 Å².